The maximum atomic E-state index is 13.0. The lowest BCUT2D eigenvalue weighted by Gasteiger charge is -2.17. The first-order valence-corrected chi connectivity index (χ1v) is 8.80. The van der Waals surface area contributed by atoms with Crippen molar-refractivity contribution >= 4 is 23.0 Å². The van der Waals surface area contributed by atoms with Gasteiger partial charge in [0.1, 0.15) is 0 Å². The molecule has 0 saturated heterocycles. The van der Waals surface area contributed by atoms with E-state index in [9.17, 15) is 4.79 Å². The fraction of sp³-hybridized carbons (Fsp3) is 0.333. The molecule has 0 saturated carbocycles. The minimum absolute atomic E-state index is 0.103. The highest BCUT2D eigenvalue weighted by Gasteiger charge is 2.22. The van der Waals surface area contributed by atoms with Crippen LogP contribution in [0.15, 0.2) is 43.2 Å². The van der Waals surface area contributed by atoms with Gasteiger partial charge in [0, 0.05) is 24.1 Å². The molecule has 1 aromatic carbocycles. The Labute approximate surface area is 154 Å². The van der Waals surface area contributed by atoms with Gasteiger partial charge in [-0.05, 0) is 39.0 Å². The molecule has 0 N–H and O–H groups in total. The number of rotatable bonds is 7. The van der Waals surface area contributed by atoms with E-state index in [1.54, 1.807) is 13.3 Å². The normalized spacial score (nSPS) is 12.5. The van der Waals surface area contributed by atoms with Gasteiger partial charge in [0.05, 0.1) is 18.8 Å². The molecule has 0 radical (unpaired) electrons. The Morgan fingerprint density at radius 1 is 1.35 bits per heavy atom. The third-order valence-electron chi connectivity index (χ3n) is 4.88. The zero-order valence-corrected chi connectivity index (χ0v) is 15.9. The van der Waals surface area contributed by atoms with E-state index in [2.05, 4.69) is 18.1 Å². The number of benzene rings is 1. The number of hydrogen-bond donors (Lipinski definition) is 0. The zero-order chi connectivity index (χ0) is 18.8. The summed E-state index contributed by atoms with van der Waals surface area (Å²) in [6.07, 6.45) is 3.67. The maximum absolute atomic E-state index is 13.0. The molecule has 0 aliphatic rings. The van der Waals surface area contributed by atoms with Crippen molar-refractivity contribution in [1.82, 2.24) is 9.13 Å². The van der Waals surface area contributed by atoms with Crippen LogP contribution in [0, 0.1) is 13.8 Å². The van der Waals surface area contributed by atoms with Crippen LogP contribution in [0.2, 0.25) is 0 Å². The van der Waals surface area contributed by atoms with Gasteiger partial charge in [0.2, 0.25) is 12.1 Å². The Bertz CT molecular complexity index is 965. The van der Waals surface area contributed by atoms with Crippen LogP contribution in [0.5, 0.6) is 0 Å². The number of ether oxygens (including phenoxy) is 1. The van der Waals surface area contributed by atoms with E-state index >= 15 is 0 Å². The molecule has 5 nitrogen and oxygen atoms in total. The molecule has 26 heavy (non-hydrogen) atoms. The van der Waals surface area contributed by atoms with Crippen LogP contribution in [-0.4, -0.2) is 28.6 Å². The second kappa shape index (κ2) is 7.30. The highest BCUT2D eigenvalue weighted by molar-refractivity contribution is 5.96. The average molecular weight is 352 g/mol. The van der Waals surface area contributed by atoms with Crippen LogP contribution in [0.3, 0.4) is 0 Å². The summed E-state index contributed by atoms with van der Waals surface area (Å²) in [5.74, 6) is 0.103. The highest BCUT2D eigenvalue weighted by atomic mass is 16.5. The highest BCUT2D eigenvalue weighted by Crippen LogP contribution is 2.21. The third-order valence-corrected chi connectivity index (χ3v) is 4.88. The SMILES string of the molecule is C=Cn1c[n+](CC(=O)c2cc(C)n([C@H](C)COC)c2C)c2ccccc21. The summed E-state index contributed by atoms with van der Waals surface area (Å²) >= 11 is 0. The van der Waals surface area contributed by atoms with Crippen LogP contribution in [0.1, 0.15) is 34.7 Å². The lowest BCUT2D eigenvalue weighted by atomic mass is 10.1. The molecule has 5 heteroatoms. The number of ketones is 1. The van der Waals surface area contributed by atoms with Gasteiger partial charge in [-0.15, -0.1) is 0 Å². The Kier molecular flexibility index (Phi) is 5.09. The standard InChI is InChI=1S/C21H26N3O2/c1-6-22-14-23(20-10-8-7-9-19(20)22)12-21(25)18-11-15(2)24(17(18)4)16(3)13-26-5/h6-11,14,16H,1,12-13H2,2-5H3/q+1/t16-/m1/s1. The smallest absolute Gasteiger partial charge is 0.249 e. The lowest BCUT2D eigenvalue weighted by Crippen LogP contribution is -2.36. The quantitative estimate of drug-likeness (QED) is 0.482. The number of carbonyl (C=O) groups excluding carboxylic acids is 1. The Morgan fingerprint density at radius 2 is 2.08 bits per heavy atom. The van der Waals surface area contributed by atoms with Crippen molar-refractivity contribution in [2.75, 3.05) is 13.7 Å². The van der Waals surface area contributed by atoms with Gasteiger partial charge in [0.25, 0.3) is 0 Å². The summed E-state index contributed by atoms with van der Waals surface area (Å²) in [7, 11) is 1.70. The summed E-state index contributed by atoms with van der Waals surface area (Å²) in [4.78, 5) is 13.0. The molecule has 0 aliphatic carbocycles. The van der Waals surface area contributed by atoms with Gasteiger partial charge in [-0.25, -0.2) is 9.13 Å². The number of hydrogen-bond acceptors (Lipinski definition) is 2. The second-order valence-electron chi connectivity index (χ2n) is 6.70. The number of aryl methyl sites for hydroxylation is 1. The fourth-order valence-electron chi connectivity index (χ4n) is 3.76. The van der Waals surface area contributed by atoms with Gasteiger partial charge in [-0.1, -0.05) is 18.7 Å². The van der Waals surface area contributed by atoms with Gasteiger partial charge < -0.3 is 9.30 Å². The Morgan fingerprint density at radius 3 is 2.77 bits per heavy atom. The molecule has 136 valence electrons. The fourth-order valence-corrected chi connectivity index (χ4v) is 3.76. The van der Waals surface area contributed by atoms with Crippen LogP contribution in [0.4, 0.5) is 0 Å². The molecule has 0 bridgehead atoms. The summed E-state index contributed by atoms with van der Waals surface area (Å²) in [5.41, 5.74) is 4.89. The lowest BCUT2D eigenvalue weighted by molar-refractivity contribution is -0.657. The number of Topliss-reactive ketones (excluding diaryl/α,β-unsaturated/α-hetero) is 1. The van der Waals surface area contributed by atoms with E-state index in [1.165, 1.54) is 0 Å². The molecule has 0 spiro atoms. The number of methoxy groups -OCH3 is 1. The number of carbonyl (C=O) groups is 1. The Hall–Kier alpha value is -2.66. The molecule has 3 aromatic rings. The predicted molar refractivity (Wildman–Crippen MR) is 103 cm³/mol. The number of aromatic nitrogens is 3. The first kappa shape index (κ1) is 18.1. The van der Waals surface area contributed by atoms with Crippen molar-refractivity contribution in [2.45, 2.75) is 33.4 Å². The summed E-state index contributed by atoms with van der Waals surface area (Å²) in [5, 5.41) is 0. The van der Waals surface area contributed by atoms with E-state index in [0.29, 0.717) is 13.2 Å². The van der Waals surface area contributed by atoms with Gasteiger partial charge in [0.15, 0.2) is 17.6 Å². The van der Waals surface area contributed by atoms with E-state index in [0.717, 1.165) is 28.0 Å². The number of fused-ring (bicyclic) bond motifs is 1. The first-order chi connectivity index (χ1) is 12.5. The molecule has 0 aliphatic heterocycles. The van der Waals surface area contributed by atoms with Crippen molar-refractivity contribution < 1.29 is 14.1 Å². The molecular formula is C21H26N3O2+. The molecule has 1 atom stereocenters. The minimum Gasteiger partial charge on any atom is -0.383 e. The number of nitrogens with zero attached hydrogens (tertiary/aromatic N) is 3. The zero-order valence-electron chi connectivity index (χ0n) is 15.9. The van der Waals surface area contributed by atoms with Crippen LogP contribution in [0.25, 0.3) is 17.2 Å². The monoisotopic (exact) mass is 352 g/mol. The van der Waals surface area contributed by atoms with Crippen molar-refractivity contribution in [3.8, 4) is 0 Å². The van der Waals surface area contributed by atoms with Crippen LogP contribution < -0.4 is 4.57 Å². The summed E-state index contributed by atoms with van der Waals surface area (Å²) in [6.45, 7) is 10.9. The predicted octanol–water partition coefficient (Wildman–Crippen LogP) is 3.54. The molecule has 0 amide bonds. The number of para-hydroxylation sites is 2. The first-order valence-electron chi connectivity index (χ1n) is 8.80. The topological polar surface area (TPSA) is 40.0 Å². The molecule has 0 unspecified atom stereocenters. The van der Waals surface area contributed by atoms with Crippen molar-refractivity contribution in [3.05, 3.63) is 60.2 Å². The summed E-state index contributed by atoms with van der Waals surface area (Å²) < 4.78 is 11.4. The van der Waals surface area contributed by atoms with E-state index in [4.69, 9.17) is 4.74 Å². The van der Waals surface area contributed by atoms with Crippen molar-refractivity contribution in [2.24, 2.45) is 0 Å². The second-order valence-corrected chi connectivity index (χ2v) is 6.70. The van der Waals surface area contributed by atoms with Gasteiger partial charge >= 0.3 is 0 Å². The molecule has 0 fully saturated rings. The summed E-state index contributed by atoms with van der Waals surface area (Å²) in [6, 6.07) is 10.2. The average Bonchev–Trinajstić information content (AvgIpc) is 3.12. The molecule has 2 heterocycles. The van der Waals surface area contributed by atoms with Gasteiger partial charge in [-0.3, -0.25) is 4.79 Å². The van der Waals surface area contributed by atoms with E-state index in [-0.39, 0.29) is 11.8 Å². The molecular weight excluding hydrogens is 326 g/mol. The van der Waals surface area contributed by atoms with E-state index < -0.39 is 0 Å². The third kappa shape index (κ3) is 3.10. The van der Waals surface area contributed by atoms with Crippen LogP contribution in [-0.2, 0) is 11.3 Å². The van der Waals surface area contributed by atoms with Gasteiger partial charge in [-0.2, -0.15) is 0 Å². The molecule has 3 rings (SSSR count). The Balaban J connectivity index is 1.95. The van der Waals surface area contributed by atoms with Crippen LogP contribution >= 0.6 is 0 Å². The van der Waals surface area contributed by atoms with Crippen molar-refractivity contribution in [3.63, 3.8) is 0 Å². The largest absolute Gasteiger partial charge is 0.383 e. The number of imidazole rings is 1. The molecule has 2 aromatic heterocycles. The maximum Gasteiger partial charge on any atom is 0.249 e. The van der Waals surface area contributed by atoms with Crippen molar-refractivity contribution in [1.29, 1.82) is 0 Å². The minimum atomic E-state index is 0.103. The van der Waals surface area contributed by atoms with E-state index in [1.807, 2.05) is 59.6 Å².